The lowest BCUT2D eigenvalue weighted by atomic mass is 10.2. The highest BCUT2D eigenvalue weighted by Gasteiger charge is 2.07. The van der Waals surface area contributed by atoms with Crippen LogP contribution in [0.15, 0.2) is 65.4 Å². The second-order valence-electron chi connectivity index (χ2n) is 5.33. The number of amides is 1. The van der Waals surface area contributed by atoms with Gasteiger partial charge in [0.15, 0.2) is 0 Å². The van der Waals surface area contributed by atoms with Crippen LogP contribution in [0.3, 0.4) is 0 Å². The highest BCUT2D eigenvalue weighted by molar-refractivity contribution is 9.10. The Kier molecular flexibility index (Phi) is 4.96. The van der Waals surface area contributed by atoms with Gasteiger partial charge in [-0.3, -0.25) is 4.79 Å². The fraction of sp³-hybridized carbons (Fsp3) is 0.111. The van der Waals surface area contributed by atoms with Crippen LogP contribution >= 0.6 is 15.9 Å². The van der Waals surface area contributed by atoms with Crippen LogP contribution in [0.2, 0.25) is 0 Å². The highest BCUT2D eigenvalue weighted by Crippen LogP contribution is 2.21. The zero-order valence-electron chi connectivity index (χ0n) is 13.2. The van der Waals surface area contributed by atoms with E-state index in [9.17, 15) is 4.79 Å². The quantitative estimate of drug-likeness (QED) is 0.698. The fourth-order valence-corrected chi connectivity index (χ4v) is 2.58. The van der Waals surface area contributed by atoms with E-state index in [1.807, 2.05) is 61.7 Å². The molecule has 24 heavy (non-hydrogen) atoms. The Morgan fingerprint density at radius 1 is 1.21 bits per heavy atom. The van der Waals surface area contributed by atoms with Gasteiger partial charge in [0, 0.05) is 22.6 Å². The summed E-state index contributed by atoms with van der Waals surface area (Å²) in [6.07, 6.45) is 3.59. The average Bonchev–Trinajstić information content (AvgIpc) is 3.11. The van der Waals surface area contributed by atoms with Crippen LogP contribution in [0.4, 0.5) is 11.4 Å². The van der Waals surface area contributed by atoms with Crippen molar-refractivity contribution in [3.63, 3.8) is 0 Å². The normalized spacial score (nSPS) is 10.4. The van der Waals surface area contributed by atoms with Crippen molar-refractivity contribution < 1.29 is 4.79 Å². The van der Waals surface area contributed by atoms with Gasteiger partial charge in [0.1, 0.15) is 0 Å². The molecule has 0 aliphatic rings. The van der Waals surface area contributed by atoms with Gasteiger partial charge in [0.05, 0.1) is 17.9 Å². The van der Waals surface area contributed by atoms with Crippen LogP contribution in [0.5, 0.6) is 0 Å². The van der Waals surface area contributed by atoms with Gasteiger partial charge in [-0.15, -0.1) is 0 Å². The molecule has 1 amide bonds. The van der Waals surface area contributed by atoms with Crippen LogP contribution in [-0.4, -0.2) is 22.2 Å². The maximum atomic E-state index is 12.2. The third-order valence-electron chi connectivity index (χ3n) is 3.54. The summed E-state index contributed by atoms with van der Waals surface area (Å²) in [6.45, 7) is 2.16. The lowest BCUT2D eigenvalue weighted by Crippen LogP contribution is -2.22. The maximum Gasteiger partial charge on any atom is 0.243 e. The number of nitrogens with zero attached hydrogens (tertiary/aromatic N) is 2. The summed E-state index contributed by atoms with van der Waals surface area (Å²) in [6, 6.07) is 15.3. The number of carbonyl (C=O) groups excluding carboxylic acids is 1. The number of halogens is 1. The minimum Gasteiger partial charge on any atom is -0.374 e. The van der Waals surface area contributed by atoms with E-state index in [0.29, 0.717) is 0 Å². The number of aromatic nitrogens is 2. The number of hydrogen-bond acceptors (Lipinski definition) is 3. The summed E-state index contributed by atoms with van der Waals surface area (Å²) in [5.74, 6) is -0.105. The number of carbonyl (C=O) groups is 1. The molecule has 2 N–H and O–H groups in total. The molecule has 0 saturated heterocycles. The molecule has 122 valence electrons. The number of nitrogens with one attached hydrogen (secondary N) is 2. The zero-order valence-corrected chi connectivity index (χ0v) is 14.7. The first-order valence-corrected chi connectivity index (χ1v) is 8.32. The Hall–Kier alpha value is -2.60. The standard InChI is InChI=1S/C18H17BrN4O/c1-13-11-14(7-8-15(13)19)22-18(24)12-20-16-5-2-3-6-17(16)23-10-4-9-21-23/h2-11,20H,12H2,1H3,(H,22,24). The van der Waals surface area contributed by atoms with Crippen molar-refractivity contribution in [2.24, 2.45) is 0 Å². The molecule has 1 heterocycles. The number of aryl methyl sites for hydroxylation is 1. The first-order chi connectivity index (χ1) is 11.6. The molecule has 0 atom stereocenters. The predicted molar refractivity (Wildman–Crippen MR) is 99.6 cm³/mol. The van der Waals surface area contributed by atoms with E-state index in [1.165, 1.54) is 0 Å². The SMILES string of the molecule is Cc1cc(NC(=O)CNc2ccccc2-n2cccn2)ccc1Br. The summed E-state index contributed by atoms with van der Waals surface area (Å²) in [5.41, 5.74) is 3.60. The minimum absolute atomic E-state index is 0.105. The summed E-state index contributed by atoms with van der Waals surface area (Å²) in [5, 5.41) is 10.3. The monoisotopic (exact) mass is 384 g/mol. The number of anilines is 2. The van der Waals surface area contributed by atoms with Gasteiger partial charge in [-0.2, -0.15) is 5.10 Å². The molecule has 0 aliphatic carbocycles. The van der Waals surface area contributed by atoms with Gasteiger partial charge in [0.2, 0.25) is 5.91 Å². The van der Waals surface area contributed by atoms with Crippen LogP contribution in [0.1, 0.15) is 5.56 Å². The number of para-hydroxylation sites is 2. The van der Waals surface area contributed by atoms with Crippen molar-refractivity contribution in [1.29, 1.82) is 0 Å². The highest BCUT2D eigenvalue weighted by atomic mass is 79.9. The number of rotatable bonds is 5. The second kappa shape index (κ2) is 7.31. The van der Waals surface area contributed by atoms with E-state index >= 15 is 0 Å². The molecule has 3 rings (SSSR count). The van der Waals surface area contributed by atoms with E-state index in [-0.39, 0.29) is 12.5 Å². The Balaban J connectivity index is 1.66. The molecule has 2 aromatic carbocycles. The largest absolute Gasteiger partial charge is 0.374 e. The predicted octanol–water partition coefficient (Wildman–Crippen LogP) is 3.99. The maximum absolute atomic E-state index is 12.2. The fourth-order valence-electron chi connectivity index (χ4n) is 2.34. The molecular weight excluding hydrogens is 368 g/mol. The molecule has 0 aliphatic heterocycles. The second-order valence-corrected chi connectivity index (χ2v) is 6.19. The van der Waals surface area contributed by atoms with Crippen LogP contribution in [0, 0.1) is 6.92 Å². The average molecular weight is 385 g/mol. The van der Waals surface area contributed by atoms with Crippen molar-refractivity contribution >= 4 is 33.2 Å². The van der Waals surface area contributed by atoms with Gasteiger partial charge in [-0.05, 0) is 48.9 Å². The van der Waals surface area contributed by atoms with Crippen molar-refractivity contribution in [3.05, 3.63) is 71.0 Å². The molecule has 1 aromatic heterocycles. The summed E-state index contributed by atoms with van der Waals surface area (Å²) in [4.78, 5) is 12.2. The topological polar surface area (TPSA) is 59.0 Å². The van der Waals surface area contributed by atoms with E-state index < -0.39 is 0 Å². The number of hydrogen-bond donors (Lipinski definition) is 2. The van der Waals surface area contributed by atoms with E-state index in [1.54, 1.807) is 10.9 Å². The van der Waals surface area contributed by atoms with E-state index in [2.05, 4.69) is 31.7 Å². The summed E-state index contributed by atoms with van der Waals surface area (Å²) >= 11 is 3.45. The van der Waals surface area contributed by atoms with Crippen LogP contribution < -0.4 is 10.6 Å². The molecule has 3 aromatic rings. The molecule has 6 heteroatoms. The number of benzene rings is 2. The molecule has 0 saturated carbocycles. The summed E-state index contributed by atoms with van der Waals surface area (Å²) < 4.78 is 2.78. The smallest absolute Gasteiger partial charge is 0.243 e. The third kappa shape index (κ3) is 3.83. The lowest BCUT2D eigenvalue weighted by molar-refractivity contribution is -0.114. The summed E-state index contributed by atoms with van der Waals surface area (Å²) in [7, 11) is 0. The van der Waals surface area contributed by atoms with Crippen molar-refractivity contribution in [2.45, 2.75) is 6.92 Å². The van der Waals surface area contributed by atoms with E-state index in [4.69, 9.17) is 0 Å². The van der Waals surface area contributed by atoms with Crippen molar-refractivity contribution in [1.82, 2.24) is 9.78 Å². The first-order valence-electron chi connectivity index (χ1n) is 7.52. The Morgan fingerprint density at radius 2 is 2.04 bits per heavy atom. The molecule has 5 nitrogen and oxygen atoms in total. The van der Waals surface area contributed by atoms with Gasteiger partial charge in [-0.25, -0.2) is 4.68 Å². The lowest BCUT2D eigenvalue weighted by Gasteiger charge is -2.12. The Labute approximate surface area is 148 Å². The van der Waals surface area contributed by atoms with Gasteiger partial charge < -0.3 is 10.6 Å². The van der Waals surface area contributed by atoms with Gasteiger partial charge >= 0.3 is 0 Å². The molecule has 0 unspecified atom stereocenters. The molecular formula is C18H17BrN4O. The molecule has 0 bridgehead atoms. The Morgan fingerprint density at radius 3 is 2.79 bits per heavy atom. The third-order valence-corrected chi connectivity index (χ3v) is 4.43. The van der Waals surface area contributed by atoms with Crippen LogP contribution in [-0.2, 0) is 4.79 Å². The van der Waals surface area contributed by atoms with Crippen molar-refractivity contribution in [2.75, 3.05) is 17.2 Å². The minimum atomic E-state index is -0.105. The van der Waals surface area contributed by atoms with Gasteiger partial charge in [0.25, 0.3) is 0 Å². The Bertz CT molecular complexity index is 846. The van der Waals surface area contributed by atoms with Crippen LogP contribution in [0.25, 0.3) is 5.69 Å². The molecule has 0 fully saturated rings. The van der Waals surface area contributed by atoms with Crippen molar-refractivity contribution in [3.8, 4) is 5.69 Å². The molecule has 0 radical (unpaired) electrons. The molecule has 0 spiro atoms. The van der Waals surface area contributed by atoms with Gasteiger partial charge in [-0.1, -0.05) is 28.1 Å². The zero-order chi connectivity index (χ0) is 16.9. The van der Waals surface area contributed by atoms with E-state index in [0.717, 1.165) is 27.1 Å². The first kappa shape index (κ1) is 16.3.